The Morgan fingerprint density at radius 3 is 2.59 bits per heavy atom. The summed E-state index contributed by atoms with van der Waals surface area (Å²) >= 11 is 1.15. The number of hydrogen-bond acceptors (Lipinski definition) is 7. The maximum absolute atomic E-state index is 13.1. The minimum Gasteiger partial charge on any atom is -0.490 e. The van der Waals surface area contributed by atoms with Gasteiger partial charge >= 0.3 is 0 Å². The molecule has 0 radical (unpaired) electrons. The molecule has 2 aromatic carbocycles. The van der Waals surface area contributed by atoms with Gasteiger partial charge in [0, 0.05) is 12.0 Å². The molecule has 3 aromatic rings. The summed E-state index contributed by atoms with van der Waals surface area (Å²) in [6, 6.07) is 11.4. The number of hydrogen-bond donors (Lipinski definition) is 1. The van der Waals surface area contributed by atoms with Gasteiger partial charge in [0.15, 0.2) is 11.5 Å². The number of rotatable bonds is 7. The van der Waals surface area contributed by atoms with Crippen LogP contribution in [0.15, 0.2) is 52.1 Å². The van der Waals surface area contributed by atoms with Crippen molar-refractivity contribution in [2.75, 3.05) is 19.0 Å². The Hall–Kier alpha value is -3.07. The van der Waals surface area contributed by atoms with Gasteiger partial charge in [0.1, 0.15) is 5.82 Å². The molecule has 1 aromatic heterocycles. The van der Waals surface area contributed by atoms with Crippen molar-refractivity contribution in [2.24, 2.45) is 5.92 Å². The van der Waals surface area contributed by atoms with E-state index in [1.165, 1.54) is 12.1 Å². The molecule has 0 aliphatic carbocycles. The molecule has 9 heteroatoms. The molecule has 0 saturated heterocycles. The fourth-order valence-corrected chi connectivity index (χ4v) is 3.90. The maximum Gasteiger partial charge on any atom is 0.277 e. The van der Waals surface area contributed by atoms with Crippen LogP contribution in [0.25, 0.3) is 11.5 Å². The van der Waals surface area contributed by atoms with Gasteiger partial charge in [0.2, 0.25) is 11.8 Å². The van der Waals surface area contributed by atoms with Gasteiger partial charge in [0.25, 0.3) is 5.22 Å². The largest absolute Gasteiger partial charge is 0.490 e. The van der Waals surface area contributed by atoms with Gasteiger partial charge in [-0.2, -0.15) is 0 Å². The van der Waals surface area contributed by atoms with Crippen molar-refractivity contribution in [1.82, 2.24) is 15.5 Å². The van der Waals surface area contributed by atoms with E-state index < -0.39 is 0 Å². The molecule has 1 aliphatic rings. The van der Waals surface area contributed by atoms with Crippen molar-refractivity contribution in [3.8, 4) is 23.0 Å². The quantitative estimate of drug-likeness (QED) is 0.517. The van der Waals surface area contributed by atoms with Gasteiger partial charge in [-0.15, -0.1) is 10.2 Å². The number of halogens is 1. The molecule has 0 unspecified atom stereocenters. The molecule has 7 nitrogen and oxygen atoms in total. The molecule has 1 atom stereocenters. The Labute approximate surface area is 189 Å². The molecule has 32 heavy (non-hydrogen) atoms. The summed E-state index contributed by atoms with van der Waals surface area (Å²) < 4.78 is 30.1. The van der Waals surface area contributed by atoms with Gasteiger partial charge in [0.05, 0.1) is 25.0 Å². The number of carbonyl (C=O) groups is 1. The fourth-order valence-electron chi connectivity index (χ4n) is 3.33. The van der Waals surface area contributed by atoms with Gasteiger partial charge < -0.3 is 19.2 Å². The second kappa shape index (κ2) is 10.0. The minimum atomic E-state index is -0.340. The van der Waals surface area contributed by atoms with Crippen LogP contribution in [0, 0.1) is 11.7 Å². The van der Waals surface area contributed by atoms with Crippen LogP contribution in [0.4, 0.5) is 4.39 Å². The van der Waals surface area contributed by atoms with E-state index in [0.29, 0.717) is 24.5 Å². The van der Waals surface area contributed by atoms with Gasteiger partial charge in [-0.1, -0.05) is 31.7 Å². The first-order chi connectivity index (χ1) is 15.5. The summed E-state index contributed by atoms with van der Waals surface area (Å²) in [4.78, 5) is 12.6. The third kappa shape index (κ3) is 5.40. The van der Waals surface area contributed by atoms with Crippen LogP contribution >= 0.6 is 11.8 Å². The predicted molar refractivity (Wildman–Crippen MR) is 118 cm³/mol. The number of aromatic nitrogens is 2. The number of benzene rings is 2. The summed E-state index contributed by atoms with van der Waals surface area (Å²) in [7, 11) is 0. The molecule has 0 spiro atoms. The number of carbonyl (C=O) groups excluding carboxylic acids is 1. The highest BCUT2D eigenvalue weighted by molar-refractivity contribution is 7.99. The van der Waals surface area contributed by atoms with Crippen LogP contribution in [-0.4, -0.2) is 35.1 Å². The monoisotopic (exact) mass is 457 g/mol. The number of nitrogens with zero attached hydrogens (tertiary/aromatic N) is 2. The molecule has 2 heterocycles. The molecular formula is C23H24FN3O4S. The van der Waals surface area contributed by atoms with E-state index in [9.17, 15) is 9.18 Å². The number of fused-ring (bicyclic) bond motifs is 1. The zero-order valence-electron chi connectivity index (χ0n) is 17.8. The highest BCUT2D eigenvalue weighted by atomic mass is 32.2. The van der Waals surface area contributed by atoms with Crippen molar-refractivity contribution in [2.45, 2.75) is 31.5 Å². The summed E-state index contributed by atoms with van der Waals surface area (Å²) in [6.45, 7) is 5.34. The lowest BCUT2D eigenvalue weighted by molar-refractivity contribution is -0.119. The van der Waals surface area contributed by atoms with Crippen LogP contribution in [0.1, 0.15) is 31.9 Å². The minimum absolute atomic E-state index is 0.124. The van der Waals surface area contributed by atoms with Crippen LogP contribution in [-0.2, 0) is 4.79 Å². The van der Waals surface area contributed by atoms with E-state index in [4.69, 9.17) is 13.9 Å². The molecular weight excluding hydrogens is 433 g/mol. The number of ether oxygens (including phenoxy) is 2. The van der Waals surface area contributed by atoms with E-state index in [1.807, 2.05) is 32.0 Å². The molecule has 0 fully saturated rings. The van der Waals surface area contributed by atoms with Crippen molar-refractivity contribution in [3.63, 3.8) is 0 Å². The highest BCUT2D eigenvalue weighted by Gasteiger charge is 2.22. The normalized spacial score (nSPS) is 14.1. The average molecular weight is 458 g/mol. The molecule has 1 aliphatic heterocycles. The lowest BCUT2D eigenvalue weighted by Crippen LogP contribution is -2.33. The summed E-state index contributed by atoms with van der Waals surface area (Å²) in [5, 5.41) is 11.3. The topological polar surface area (TPSA) is 86.5 Å². The van der Waals surface area contributed by atoms with Crippen molar-refractivity contribution < 1.29 is 23.1 Å². The van der Waals surface area contributed by atoms with Gasteiger partial charge in [-0.05, 0) is 47.9 Å². The highest BCUT2D eigenvalue weighted by Crippen LogP contribution is 2.34. The van der Waals surface area contributed by atoms with E-state index in [2.05, 4.69) is 15.5 Å². The van der Waals surface area contributed by atoms with Crippen LogP contribution in [0.2, 0.25) is 0 Å². The zero-order valence-corrected chi connectivity index (χ0v) is 18.7. The number of amides is 1. The maximum atomic E-state index is 13.1. The van der Waals surface area contributed by atoms with E-state index in [-0.39, 0.29) is 40.6 Å². The number of nitrogens with one attached hydrogen (secondary N) is 1. The first kappa shape index (κ1) is 22.1. The average Bonchev–Trinajstić information content (AvgIpc) is 3.13. The molecule has 168 valence electrons. The van der Waals surface area contributed by atoms with Crippen LogP contribution in [0.5, 0.6) is 11.5 Å². The second-order valence-electron chi connectivity index (χ2n) is 7.71. The predicted octanol–water partition coefficient (Wildman–Crippen LogP) is 4.64. The molecule has 0 bridgehead atoms. The van der Waals surface area contributed by atoms with Crippen molar-refractivity contribution in [1.29, 1.82) is 0 Å². The molecule has 4 rings (SSSR count). The Bertz CT molecular complexity index is 1070. The van der Waals surface area contributed by atoms with Crippen LogP contribution < -0.4 is 14.8 Å². The Balaban J connectivity index is 1.38. The second-order valence-corrected chi connectivity index (χ2v) is 8.64. The fraction of sp³-hybridized carbons (Fsp3) is 0.348. The molecule has 1 N–H and O–H groups in total. The van der Waals surface area contributed by atoms with Crippen molar-refractivity contribution in [3.05, 3.63) is 53.8 Å². The molecule has 1 amide bonds. The smallest absolute Gasteiger partial charge is 0.277 e. The SMILES string of the molecule is CC(C)[C@@H](NC(=O)CSc1nnc(-c2ccc(F)cc2)o1)c1ccc2c(c1)OCCCO2. The summed E-state index contributed by atoms with van der Waals surface area (Å²) in [5.41, 5.74) is 1.57. The Morgan fingerprint density at radius 1 is 1.09 bits per heavy atom. The summed E-state index contributed by atoms with van der Waals surface area (Å²) in [6.07, 6.45) is 0.837. The standard InChI is InChI=1S/C23H24FN3O4S/c1-14(2)21(16-6-9-18-19(12-16)30-11-3-10-29-18)25-20(28)13-32-23-27-26-22(31-23)15-4-7-17(24)8-5-15/h4-9,12,14,21H,3,10-11,13H2,1-2H3,(H,25,28)/t21-/m1/s1. The molecule has 0 saturated carbocycles. The van der Waals surface area contributed by atoms with E-state index in [0.717, 1.165) is 29.5 Å². The third-order valence-electron chi connectivity index (χ3n) is 4.94. The lowest BCUT2D eigenvalue weighted by atomic mass is 9.95. The Kier molecular flexibility index (Phi) is 6.94. The van der Waals surface area contributed by atoms with Gasteiger partial charge in [-0.25, -0.2) is 4.39 Å². The lowest BCUT2D eigenvalue weighted by Gasteiger charge is -2.23. The van der Waals surface area contributed by atoms with Crippen molar-refractivity contribution >= 4 is 17.7 Å². The zero-order chi connectivity index (χ0) is 22.5. The first-order valence-electron chi connectivity index (χ1n) is 10.4. The summed E-state index contributed by atoms with van der Waals surface area (Å²) in [5.74, 6) is 1.51. The Morgan fingerprint density at radius 2 is 1.84 bits per heavy atom. The number of thioether (sulfide) groups is 1. The van der Waals surface area contributed by atoms with Crippen LogP contribution in [0.3, 0.4) is 0 Å². The third-order valence-corrected chi connectivity index (χ3v) is 5.76. The van der Waals surface area contributed by atoms with E-state index in [1.54, 1.807) is 12.1 Å². The van der Waals surface area contributed by atoms with E-state index >= 15 is 0 Å². The van der Waals surface area contributed by atoms with Gasteiger partial charge in [-0.3, -0.25) is 4.79 Å². The first-order valence-corrected chi connectivity index (χ1v) is 11.4.